The number of ether oxygens (including phenoxy) is 1. The molecule has 0 aromatic carbocycles. The van der Waals surface area contributed by atoms with Gasteiger partial charge in [-0.15, -0.1) is 0 Å². The van der Waals surface area contributed by atoms with Crippen molar-refractivity contribution in [3.63, 3.8) is 0 Å². The molecule has 0 atom stereocenters. The van der Waals surface area contributed by atoms with Crippen molar-refractivity contribution in [1.82, 2.24) is 0 Å². The van der Waals surface area contributed by atoms with Crippen LogP contribution in [0.3, 0.4) is 0 Å². The van der Waals surface area contributed by atoms with Gasteiger partial charge >= 0.3 is 0 Å². The highest BCUT2D eigenvalue weighted by atomic mass is 35.5. The van der Waals surface area contributed by atoms with Crippen LogP contribution in [-0.4, -0.2) is 12.3 Å². The molecule has 0 aromatic rings. The summed E-state index contributed by atoms with van der Waals surface area (Å²) in [5, 5.41) is 0.449. The van der Waals surface area contributed by atoms with Crippen molar-refractivity contribution < 1.29 is 4.74 Å². The molecule has 62 valence electrons. The second kappa shape index (κ2) is 4.39. The zero-order chi connectivity index (χ0) is 8.10. The third-order valence-electron chi connectivity index (χ3n) is 1.53. The lowest BCUT2D eigenvalue weighted by molar-refractivity contribution is 0.242. The van der Waals surface area contributed by atoms with E-state index in [1.54, 1.807) is 0 Å². The van der Waals surface area contributed by atoms with Crippen molar-refractivity contribution in [3.8, 4) is 0 Å². The van der Waals surface area contributed by atoms with Gasteiger partial charge in [0.2, 0.25) is 0 Å². The highest BCUT2D eigenvalue weighted by molar-refractivity contribution is 6.29. The second-order valence-electron chi connectivity index (χ2n) is 2.62. The van der Waals surface area contributed by atoms with Crippen LogP contribution in [0.1, 0.15) is 26.2 Å². The molecule has 0 fully saturated rings. The summed E-state index contributed by atoms with van der Waals surface area (Å²) in [6, 6.07) is 0. The number of halogens is 1. The van der Waals surface area contributed by atoms with Gasteiger partial charge in [-0.2, -0.15) is 0 Å². The van der Waals surface area contributed by atoms with Gasteiger partial charge in [-0.25, -0.2) is 4.99 Å². The molecular weight excluding hydrogens is 162 g/mol. The maximum Gasteiger partial charge on any atom is 0.163 e. The van der Waals surface area contributed by atoms with E-state index in [1.165, 1.54) is 6.26 Å². The van der Waals surface area contributed by atoms with Crippen LogP contribution >= 0.6 is 11.6 Å². The van der Waals surface area contributed by atoms with Crippen LogP contribution in [0.2, 0.25) is 0 Å². The summed E-state index contributed by atoms with van der Waals surface area (Å²) < 4.78 is 5.11. The summed E-state index contributed by atoms with van der Waals surface area (Å²) in [7, 11) is 0. The van der Waals surface area contributed by atoms with Crippen molar-refractivity contribution in [2.75, 3.05) is 6.61 Å². The molecule has 1 aliphatic heterocycles. The lowest BCUT2D eigenvalue weighted by Gasteiger charge is -1.97. The largest absolute Gasteiger partial charge is 0.498 e. The first-order valence-corrected chi connectivity index (χ1v) is 4.18. The minimum atomic E-state index is 0.449. The summed E-state index contributed by atoms with van der Waals surface area (Å²) >= 11 is 5.71. The number of hydrogen-bond donors (Lipinski definition) is 0. The van der Waals surface area contributed by atoms with Crippen LogP contribution in [-0.2, 0) is 4.74 Å². The van der Waals surface area contributed by atoms with Gasteiger partial charge in [0, 0.05) is 5.71 Å². The van der Waals surface area contributed by atoms with E-state index in [2.05, 4.69) is 4.99 Å². The standard InChI is InChI=1S/C8H12ClNO/c1-7-4-2-3-5-11-6-8(9)10-7/h6H,2-5H2,1H3/b8-6+,10-7?. The first kappa shape index (κ1) is 8.60. The van der Waals surface area contributed by atoms with Gasteiger partial charge in [-0.1, -0.05) is 11.6 Å². The fourth-order valence-corrected chi connectivity index (χ4v) is 1.17. The van der Waals surface area contributed by atoms with Gasteiger partial charge in [0.25, 0.3) is 0 Å². The van der Waals surface area contributed by atoms with Gasteiger partial charge in [-0.05, 0) is 26.2 Å². The van der Waals surface area contributed by atoms with E-state index >= 15 is 0 Å². The normalized spacial score (nSPS) is 24.9. The van der Waals surface area contributed by atoms with Crippen molar-refractivity contribution in [3.05, 3.63) is 11.4 Å². The van der Waals surface area contributed by atoms with E-state index in [-0.39, 0.29) is 0 Å². The molecule has 0 amide bonds. The number of rotatable bonds is 0. The number of hydrogen-bond acceptors (Lipinski definition) is 2. The summed E-state index contributed by atoms with van der Waals surface area (Å²) in [5.41, 5.74) is 1.08. The zero-order valence-electron chi connectivity index (χ0n) is 6.64. The molecule has 0 aliphatic carbocycles. The molecule has 0 bridgehead atoms. The molecule has 0 aromatic heterocycles. The molecule has 1 rings (SSSR count). The van der Waals surface area contributed by atoms with Crippen LogP contribution in [0.5, 0.6) is 0 Å². The second-order valence-corrected chi connectivity index (χ2v) is 3.00. The zero-order valence-corrected chi connectivity index (χ0v) is 7.40. The van der Waals surface area contributed by atoms with Gasteiger partial charge in [0.15, 0.2) is 5.16 Å². The molecule has 3 heteroatoms. The molecule has 1 heterocycles. The topological polar surface area (TPSA) is 21.6 Å². The van der Waals surface area contributed by atoms with Gasteiger partial charge in [0.05, 0.1) is 6.61 Å². The lowest BCUT2D eigenvalue weighted by Crippen LogP contribution is -1.91. The highest BCUT2D eigenvalue weighted by Gasteiger charge is 1.98. The minimum absolute atomic E-state index is 0.449. The lowest BCUT2D eigenvalue weighted by atomic mass is 10.2. The molecular formula is C8H12ClNO. The van der Waals surface area contributed by atoms with Crippen LogP contribution < -0.4 is 0 Å². The quantitative estimate of drug-likeness (QED) is 0.516. The van der Waals surface area contributed by atoms with E-state index in [9.17, 15) is 0 Å². The first-order chi connectivity index (χ1) is 5.29. The van der Waals surface area contributed by atoms with Crippen LogP contribution in [0.4, 0.5) is 0 Å². The minimum Gasteiger partial charge on any atom is -0.498 e. The number of aliphatic imine (C=N–C) groups is 1. The predicted octanol–water partition coefficient (Wildman–Crippen LogP) is 2.69. The van der Waals surface area contributed by atoms with Crippen molar-refractivity contribution >= 4 is 17.3 Å². The van der Waals surface area contributed by atoms with Crippen LogP contribution in [0.25, 0.3) is 0 Å². The van der Waals surface area contributed by atoms with Crippen molar-refractivity contribution in [1.29, 1.82) is 0 Å². The maximum atomic E-state index is 5.71. The Kier molecular flexibility index (Phi) is 3.43. The molecule has 0 N–H and O–H groups in total. The fraction of sp³-hybridized carbons (Fsp3) is 0.625. The molecule has 0 spiro atoms. The van der Waals surface area contributed by atoms with E-state index in [0.717, 1.165) is 31.6 Å². The summed E-state index contributed by atoms with van der Waals surface area (Å²) in [5.74, 6) is 0. The molecule has 0 radical (unpaired) electrons. The smallest absolute Gasteiger partial charge is 0.163 e. The maximum absolute atomic E-state index is 5.71. The Morgan fingerprint density at radius 3 is 3.18 bits per heavy atom. The molecule has 0 saturated carbocycles. The Hall–Kier alpha value is -0.500. The van der Waals surface area contributed by atoms with Crippen molar-refractivity contribution in [2.45, 2.75) is 26.2 Å². The Bertz CT molecular complexity index is 187. The molecule has 0 unspecified atom stereocenters. The average Bonchev–Trinajstić information content (AvgIpc) is 2.02. The van der Waals surface area contributed by atoms with E-state index in [0.29, 0.717) is 5.16 Å². The third kappa shape index (κ3) is 3.42. The van der Waals surface area contributed by atoms with Crippen LogP contribution in [0, 0.1) is 0 Å². The van der Waals surface area contributed by atoms with E-state index in [1.807, 2.05) is 6.92 Å². The monoisotopic (exact) mass is 173 g/mol. The Labute approximate surface area is 71.9 Å². The Balaban J connectivity index is 2.59. The Morgan fingerprint density at radius 1 is 1.55 bits per heavy atom. The van der Waals surface area contributed by atoms with E-state index < -0.39 is 0 Å². The van der Waals surface area contributed by atoms with Gasteiger partial charge in [-0.3, -0.25) is 0 Å². The van der Waals surface area contributed by atoms with Gasteiger partial charge < -0.3 is 4.74 Å². The first-order valence-electron chi connectivity index (χ1n) is 3.80. The number of nitrogens with zero attached hydrogens (tertiary/aromatic N) is 1. The fourth-order valence-electron chi connectivity index (χ4n) is 0.959. The summed E-state index contributed by atoms with van der Waals surface area (Å²) in [6.07, 6.45) is 4.74. The summed E-state index contributed by atoms with van der Waals surface area (Å²) in [4.78, 5) is 4.11. The molecule has 0 saturated heterocycles. The van der Waals surface area contributed by atoms with Gasteiger partial charge in [0.1, 0.15) is 6.26 Å². The summed E-state index contributed by atoms with van der Waals surface area (Å²) in [6.45, 7) is 2.74. The molecule has 11 heavy (non-hydrogen) atoms. The SMILES string of the molecule is CC1=N/C(Cl)=C/OCCCC1. The highest BCUT2D eigenvalue weighted by Crippen LogP contribution is 2.09. The predicted molar refractivity (Wildman–Crippen MR) is 46.8 cm³/mol. The third-order valence-corrected chi connectivity index (χ3v) is 1.70. The molecule has 1 aliphatic rings. The molecule has 2 nitrogen and oxygen atoms in total. The average molecular weight is 174 g/mol. The van der Waals surface area contributed by atoms with Crippen LogP contribution in [0.15, 0.2) is 16.4 Å². The Morgan fingerprint density at radius 2 is 2.36 bits per heavy atom. The van der Waals surface area contributed by atoms with Crippen molar-refractivity contribution in [2.24, 2.45) is 4.99 Å². The van der Waals surface area contributed by atoms with E-state index in [4.69, 9.17) is 16.3 Å².